The van der Waals surface area contributed by atoms with Gasteiger partial charge in [0.2, 0.25) is 5.78 Å². The van der Waals surface area contributed by atoms with Crippen molar-refractivity contribution in [2.24, 2.45) is 0 Å². The lowest BCUT2D eigenvalue weighted by Crippen LogP contribution is -2.21. The van der Waals surface area contributed by atoms with Gasteiger partial charge in [-0.1, -0.05) is 29.8 Å². The first-order chi connectivity index (χ1) is 10.1. The van der Waals surface area contributed by atoms with Crippen LogP contribution in [0.5, 0.6) is 0 Å². The van der Waals surface area contributed by atoms with Gasteiger partial charge < -0.3 is 10.4 Å². The van der Waals surface area contributed by atoms with Crippen molar-refractivity contribution in [3.05, 3.63) is 71.3 Å². The molecule has 0 aliphatic carbocycles. The van der Waals surface area contributed by atoms with Crippen molar-refractivity contribution in [2.45, 2.75) is 0 Å². The zero-order valence-electron chi connectivity index (χ0n) is 10.9. The molecular formula is C16H12ClNO3. The third kappa shape index (κ3) is 4.19. The van der Waals surface area contributed by atoms with Crippen LogP contribution in [0.15, 0.2) is 60.7 Å². The quantitative estimate of drug-likeness (QED) is 0.516. The van der Waals surface area contributed by atoms with E-state index in [9.17, 15) is 14.7 Å². The Kier molecular flexibility index (Phi) is 4.74. The van der Waals surface area contributed by atoms with Gasteiger partial charge in [-0.25, -0.2) is 0 Å². The van der Waals surface area contributed by atoms with Crippen LogP contribution >= 0.6 is 11.6 Å². The van der Waals surface area contributed by atoms with Gasteiger partial charge in [-0.3, -0.25) is 9.59 Å². The van der Waals surface area contributed by atoms with E-state index in [1.807, 2.05) is 0 Å². The third-order valence-electron chi connectivity index (χ3n) is 2.66. The van der Waals surface area contributed by atoms with Crippen molar-refractivity contribution in [3.8, 4) is 0 Å². The molecule has 2 aromatic carbocycles. The SMILES string of the molecule is O=C(/C=C(/O)c1ccc(Cl)cc1)C(=O)Nc1ccccc1. The number of para-hydroxylation sites is 1. The molecule has 4 nitrogen and oxygen atoms in total. The number of anilines is 1. The molecule has 0 saturated carbocycles. The van der Waals surface area contributed by atoms with E-state index in [4.69, 9.17) is 11.6 Å². The van der Waals surface area contributed by atoms with E-state index >= 15 is 0 Å². The summed E-state index contributed by atoms with van der Waals surface area (Å²) in [5.41, 5.74) is 0.912. The molecule has 0 bridgehead atoms. The number of hydrogen-bond acceptors (Lipinski definition) is 3. The Morgan fingerprint density at radius 2 is 1.62 bits per heavy atom. The number of benzene rings is 2. The fraction of sp³-hybridized carbons (Fsp3) is 0. The molecule has 2 aromatic rings. The second-order valence-electron chi connectivity index (χ2n) is 4.22. The van der Waals surface area contributed by atoms with Gasteiger partial charge in [0.15, 0.2) is 0 Å². The molecule has 0 aromatic heterocycles. The van der Waals surface area contributed by atoms with Crippen LogP contribution in [-0.2, 0) is 9.59 Å². The van der Waals surface area contributed by atoms with Crippen LogP contribution in [0.2, 0.25) is 5.02 Å². The fourth-order valence-electron chi connectivity index (χ4n) is 1.61. The van der Waals surface area contributed by atoms with E-state index in [-0.39, 0.29) is 5.76 Å². The van der Waals surface area contributed by atoms with Crippen molar-refractivity contribution < 1.29 is 14.7 Å². The van der Waals surface area contributed by atoms with Gasteiger partial charge in [0, 0.05) is 22.3 Å². The van der Waals surface area contributed by atoms with Gasteiger partial charge in [0.05, 0.1) is 0 Å². The summed E-state index contributed by atoms with van der Waals surface area (Å²) < 4.78 is 0. The number of carbonyl (C=O) groups is 2. The first-order valence-corrected chi connectivity index (χ1v) is 6.51. The third-order valence-corrected chi connectivity index (χ3v) is 2.92. The highest BCUT2D eigenvalue weighted by Crippen LogP contribution is 2.15. The summed E-state index contributed by atoms with van der Waals surface area (Å²) in [5, 5.41) is 12.8. The summed E-state index contributed by atoms with van der Waals surface area (Å²) in [7, 11) is 0. The number of halogens is 1. The molecule has 0 aliphatic rings. The zero-order valence-corrected chi connectivity index (χ0v) is 11.7. The second-order valence-corrected chi connectivity index (χ2v) is 4.66. The molecule has 0 atom stereocenters. The Morgan fingerprint density at radius 1 is 1.00 bits per heavy atom. The molecule has 0 heterocycles. The highest BCUT2D eigenvalue weighted by Gasteiger charge is 2.13. The molecule has 0 spiro atoms. The molecule has 2 N–H and O–H groups in total. The lowest BCUT2D eigenvalue weighted by atomic mass is 10.1. The lowest BCUT2D eigenvalue weighted by molar-refractivity contribution is -0.131. The van der Waals surface area contributed by atoms with Crippen LogP contribution in [0, 0.1) is 0 Å². The van der Waals surface area contributed by atoms with Gasteiger partial charge in [-0.15, -0.1) is 0 Å². The van der Waals surface area contributed by atoms with Crippen molar-refractivity contribution in [3.63, 3.8) is 0 Å². The molecule has 106 valence electrons. The van der Waals surface area contributed by atoms with Crippen molar-refractivity contribution in [2.75, 3.05) is 5.32 Å². The van der Waals surface area contributed by atoms with E-state index in [0.29, 0.717) is 16.3 Å². The normalized spacial score (nSPS) is 11.0. The van der Waals surface area contributed by atoms with Crippen molar-refractivity contribution >= 4 is 34.7 Å². The largest absolute Gasteiger partial charge is 0.507 e. The number of nitrogens with one attached hydrogen (secondary N) is 1. The molecule has 0 fully saturated rings. The number of hydrogen-bond donors (Lipinski definition) is 2. The molecule has 1 amide bonds. The summed E-state index contributed by atoms with van der Waals surface area (Å²) in [4.78, 5) is 23.4. The number of aliphatic hydroxyl groups is 1. The Bertz CT molecular complexity index is 678. The van der Waals surface area contributed by atoms with Crippen LogP contribution in [0.25, 0.3) is 5.76 Å². The van der Waals surface area contributed by atoms with Crippen LogP contribution in [-0.4, -0.2) is 16.8 Å². The predicted octanol–water partition coefficient (Wildman–Crippen LogP) is 3.45. The summed E-state index contributed by atoms with van der Waals surface area (Å²) in [5.74, 6) is -1.95. The molecule has 2 rings (SSSR count). The van der Waals surface area contributed by atoms with Gasteiger partial charge in [-0.05, 0) is 36.4 Å². The summed E-state index contributed by atoms with van der Waals surface area (Å²) in [6.07, 6.45) is 0.876. The number of ketones is 1. The number of carbonyl (C=O) groups excluding carboxylic acids is 2. The maximum absolute atomic E-state index is 11.7. The Morgan fingerprint density at radius 3 is 2.24 bits per heavy atom. The highest BCUT2D eigenvalue weighted by atomic mass is 35.5. The minimum absolute atomic E-state index is 0.292. The molecule has 0 saturated heterocycles. The fourth-order valence-corrected chi connectivity index (χ4v) is 1.73. The minimum Gasteiger partial charge on any atom is -0.507 e. The highest BCUT2D eigenvalue weighted by molar-refractivity contribution is 6.45. The van der Waals surface area contributed by atoms with E-state index in [0.717, 1.165) is 6.08 Å². The topological polar surface area (TPSA) is 66.4 Å². The summed E-state index contributed by atoms with van der Waals surface area (Å²) >= 11 is 5.73. The number of aliphatic hydroxyl groups excluding tert-OH is 1. The Hall–Kier alpha value is -2.59. The van der Waals surface area contributed by atoms with E-state index < -0.39 is 11.7 Å². The number of amides is 1. The predicted molar refractivity (Wildman–Crippen MR) is 82.1 cm³/mol. The Labute approximate surface area is 126 Å². The zero-order chi connectivity index (χ0) is 15.2. The maximum Gasteiger partial charge on any atom is 0.296 e. The smallest absolute Gasteiger partial charge is 0.296 e. The Balaban J connectivity index is 2.07. The first kappa shape index (κ1) is 14.8. The van der Waals surface area contributed by atoms with Crippen LogP contribution < -0.4 is 5.32 Å². The maximum atomic E-state index is 11.7. The van der Waals surface area contributed by atoms with Gasteiger partial charge >= 0.3 is 0 Å². The van der Waals surface area contributed by atoms with Gasteiger partial charge in [-0.2, -0.15) is 0 Å². The molecule has 0 aliphatic heterocycles. The second kappa shape index (κ2) is 6.72. The summed E-state index contributed by atoms with van der Waals surface area (Å²) in [6, 6.07) is 14.9. The van der Waals surface area contributed by atoms with E-state index in [2.05, 4.69) is 5.32 Å². The molecular weight excluding hydrogens is 290 g/mol. The minimum atomic E-state index is -0.841. The van der Waals surface area contributed by atoms with Crippen LogP contribution in [0.1, 0.15) is 5.56 Å². The van der Waals surface area contributed by atoms with Crippen molar-refractivity contribution in [1.82, 2.24) is 0 Å². The average molecular weight is 302 g/mol. The average Bonchev–Trinajstić information content (AvgIpc) is 2.48. The monoisotopic (exact) mass is 301 g/mol. The number of rotatable bonds is 4. The lowest BCUT2D eigenvalue weighted by Gasteiger charge is -2.03. The van der Waals surface area contributed by atoms with E-state index in [1.165, 1.54) is 0 Å². The van der Waals surface area contributed by atoms with Gasteiger partial charge in [0.1, 0.15) is 5.76 Å². The summed E-state index contributed by atoms with van der Waals surface area (Å²) in [6.45, 7) is 0. The van der Waals surface area contributed by atoms with Crippen LogP contribution in [0.4, 0.5) is 5.69 Å². The van der Waals surface area contributed by atoms with Crippen LogP contribution in [0.3, 0.4) is 0 Å². The van der Waals surface area contributed by atoms with Crippen molar-refractivity contribution in [1.29, 1.82) is 0 Å². The molecule has 0 unspecified atom stereocenters. The molecule has 0 radical (unpaired) electrons. The van der Waals surface area contributed by atoms with E-state index in [1.54, 1.807) is 54.6 Å². The molecule has 5 heteroatoms. The van der Waals surface area contributed by atoms with Gasteiger partial charge in [0.25, 0.3) is 5.91 Å². The molecule has 21 heavy (non-hydrogen) atoms. The first-order valence-electron chi connectivity index (χ1n) is 6.13. The standard InChI is InChI=1S/C16H12ClNO3/c17-12-8-6-11(7-9-12)14(19)10-15(20)16(21)18-13-4-2-1-3-5-13/h1-10,19H,(H,18,21)/b14-10+.